The maximum absolute atomic E-state index is 10.9. The van der Waals surface area contributed by atoms with Crippen molar-refractivity contribution in [1.29, 1.82) is 0 Å². The molecule has 0 aromatic carbocycles. The first-order valence-corrected chi connectivity index (χ1v) is 1.62. The van der Waals surface area contributed by atoms with E-state index in [9.17, 15) is 9.18 Å². The highest BCUT2D eigenvalue weighted by molar-refractivity contribution is 5.51. The van der Waals surface area contributed by atoms with Crippen molar-refractivity contribution in [3.05, 3.63) is 0 Å². The van der Waals surface area contributed by atoms with Crippen LogP contribution in [0, 0.1) is 0 Å². The molecule has 1 N–H and O–H groups in total. The van der Waals surface area contributed by atoms with E-state index in [0.29, 0.717) is 6.29 Å². The lowest BCUT2D eigenvalue weighted by molar-refractivity contribution is -0.107. The van der Waals surface area contributed by atoms with Gasteiger partial charge in [-0.15, -0.1) is 0 Å². The summed E-state index contributed by atoms with van der Waals surface area (Å²) in [6.07, 6.45) is 0.611. The van der Waals surface area contributed by atoms with Crippen LogP contribution < -0.4 is 5.32 Å². The Morgan fingerprint density at radius 2 is 2.50 bits per heavy atom. The van der Waals surface area contributed by atoms with Crippen LogP contribution in [0.1, 0.15) is 0 Å². The molecule has 0 aliphatic heterocycles. The number of alkyl halides is 1. The molecule has 0 saturated carbocycles. The van der Waals surface area contributed by atoms with Gasteiger partial charge in [-0.1, -0.05) is 0 Å². The summed E-state index contributed by atoms with van der Waals surface area (Å²) in [6, 6.07) is 0. The van der Waals surface area contributed by atoms with E-state index >= 15 is 0 Å². The maximum Gasteiger partial charge on any atom is 0.140 e. The second-order valence-electron chi connectivity index (χ2n) is 0.754. The Balaban J connectivity index is 2.49. The molecule has 0 unspecified atom stereocenters. The summed E-state index contributed by atoms with van der Waals surface area (Å²) in [5, 5.41) is 2.16. The largest absolute Gasteiger partial charge is 0.302 e. The molecule has 2 nitrogen and oxygen atoms in total. The summed E-state index contributed by atoms with van der Waals surface area (Å²) in [6.45, 7) is -0.519. The van der Waals surface area contributed by atoms with E-state index in [-0.39, 0.29) is 6.54 Å². The molecule has 0 fully saturated rings. The van der Waals surface area contributed by atoms with Crippen LogP contribution in [0.3, 0.4) is 0 Å². The van der Waals surface area contributed by atoms with Crippen LogP contribution in [-0.4, -0.2) is 19.6 Å². The van der Waals surface area contributed by atoms with Crippen LogP contribution in [0.25, 0.3) is 0 Å². The predicted molar refractivity (Wildman–Crippen MR) is 20.0 cm³/mol. The summed E-state index contributed by atoms with van der Waals surface area (Å²) in [5.74, 6) is 0. The number of halogens is 1. The average Bonchev–Trinajstić information content (AvgIpc) is 1.61. The summed E-state index contributed by atoms with van der Waals surface area (Å²) in [5.41, 5.74) is 0. The minimum absolute atomic E-state index is 0.108. The fraction of sp³-hybridized carbons (Fsp3) is 0.667. The molecule has 0 saturated heterocycles. The zero-order chi connectivity index (χ0) is 4.83. The van der Waals surface area contributed by atoms with Gasteiger partial charge in [-0.3, -0.25) is 5.32 Å². The summed E-state index contributed by atoms with van der Waals surface area (Å²) in [4.78, 5) is 9.33. The molecule has 36 valence electrons. The minimum Gasteiger partial charge on any atom is -0.302 e. The Hall–Kier alpha value is -0.440. The Bertz CT molecular complexity index is 39.8. The van der Waals surface area contributed by atoms with Crippen molar-refractivity contribution in [3.63, 3.8) is 0 Å². The monoisotopic (exact) mass is 91.0 g/mol. The molecular weight excluding hydrogens is 85.0 g/mol. The lowest BCUT2D eigenvalue weighted by Gasteiger charge is -1.82. The van der Waals surface area contributed by atoms with Crippen LogP contribution in [0.2, 0.25) is 0 Å². The number of carbonyl (C=O) groups is 1. The number of nitrogens with one attached hydrogen (secondary N) is 1. The van der Waals surface area contributed by atoms with Crippen LogP contribution in [0.4, 0.5) is 4.39 Å². The van der Waals surface area contributed by atoms with Gasteiger partial charge in [0.2, 0.25) is 0 Å². The van der Waals surface area contributed by atoms with Crippen molar-refractivity contribution < 1.29 is 9.18 Å². The average molecular weight is 91.1 g/mol. The van der Waals surface area contributed by atoms with Crippen LogP contribution >= 0.6 is 0 Å². The van der Waals surface area contributed by atoms with E-state index in [1.807, 2.05) is 0 Å². The van der Waals surface area contributed by atoms with Crippen LogP contribution in [-0.2, 0) is 4.79 Å². The standard InChI is InChI=1S/C3H6FNO/c4-3-5-1-2-6/h2,5H,1,3H2. The molecule has 0 aromatic heterocycles. The van der Waals surface area contributed by atoms with E-state index in [0.717, 1.165) is 0 Å². The third kappa shape index (κ3) is 3.56. The molecule has 0 spiro atoms. The quantitative estimate of drug-likeness (QED) is 0.293. The first-order valence-electron chi connectivity index (χ1n) is 1.62. The van der Waals surface area contributed by atoms with Gasteiger partial charge in [-0.2, -0.15) is 0 Å². The fourth-order valence-corrected chi connectivity index (χ4v) is 0.113. The highest BCUT2D eigenvalue weighted by Gasteiger charge is 1.73. The van der Waals surface area contributed by atoms with E-state index in [2.05, 4.69) is 5.32 Å². The van der Waals surface area contributed by atoms with Crippen molar-refractivity contribution in [3.8, 4) is 0 Å². The number of hydrogen-bond acceptors (Lipinski definition) is 2. The van der Waals surface area contributed by atoms with Crippen molar-refractivity contribution in [2.24, 2.45) is 0 Å². The fourth-order valence-electron chi connectivity index (χ4n) is 0.113. The minimum atomic E-state index is -0.626. The number of aldehydes is 1. The Labute approximate surface area is 35.3 Å². The zero-order valence-corrected chi connectivity index (χ0v) is 3.28. The molecule has 6 heavy (non-hydrogen) atoms. The normalized spacial score (nSPS) is 8.17. The molecule has 0 aliphatic rings. The predicted octanol–water partition coefficient (Wildman–Crippen LogP) is -0.298. The Morgan fingerprint density at radius 1 is 1.83 bits per heavy atom. The molecule has 0 atom stereocenters. The van der Waals surface area contributed by atoms with Crippen molar-refractivity contribution in [2.45, 2.75) is 0 Å². The van der Waals surface area contributed by atoms with Gasteiger partial charge in [0.05, 0.1) is 6.54 Å². The molecule has 0 aliphatic carbocycles. The zero-order valence-electron chi connectivity index (χ0n) is 3.28. The molecular formula is C3H6FNO. The number of rotatable bonds is 3. The first-order chi connectivity index (χ1) is 2.91. The molecule has 0 amide bonds. The van der Waals surface area contributed by atoms with Crippen molar-refractivity contribution in [2.75, 3.05) is 13.3 Å². The van der Waals surface area contributed by atoms with Crippen LogP contribution in [0.15, 0.2) is 0 Å². The van der Waals surface area contributed by atoms with Crippen molar-refractivity contribution in [1.82, 2.24) is 5.32 Å². The lowest BCUT2D eigenvalue weighted by Crippen LogP contribution is -2.13. The van der Waals surface area contributed by atoms with Crippen molar-refractivity contribution >= 4 is 6.29 Å². The van der Waals surface area contributed by atoms with Gasteiger partial charge in [0, 0.05) is 0 Å². The van der Waals surface area contributed by atoms with Gasteiger partial charge in [0.1, 0.15) is 13.1 Å². The third-order valence-corrected chi connectivity index (χ3v) is 0.322. The second-order valence-corrected chi connectivity index (χ2v) is 0.754. The molecule has 0 bridgehead atoms. The maximum atomic E-state index is 10.9. The summed E-state index contributed by atoms with van der Waals surface area (Å²) in [7, 11) is 0. The van der Waals surface area contributed by atoms with E-state index in [4.69, 9.17) is 0 Å². The summed E-state index contributed by atoms with van der Waals surface area (Å²) >= 11 is 0. The van der Waals surface area contributed by atoms with Crippen LogP contribution in [0.5, 0.6) is 0 Å². The first kappa shape index (κ1) is 5.56. The second kappa shape index (κ2) is 4.56. The van der Waals surface area contributed by atoms with Gasteiger partial charge in [-0.05, 0) is 0 Å². The molecule has 0 aromatic rings. The van der Waals surface area contributed by atoms with Gasteiger partial charge in [-0.25, -0.2) is 4.39 Å². The third-order valence-electron chi connectivity index (χ3n) is 0.322. The topological polar surface area (TPSA) is 29.1 Å². The molecule has 0 rings (SSSR count). The van der Waals surface area contributed by atoms with E-state index in [1.54, 1.807) is 0 Å². The Kier molecular flexibility index (Phi) is 4.23. The van der Waals surface area contributed by atoms with E-state index in [1.165, 1.54) is 0 Å². The summed E-state index contributed by atoms with van der Waals surface area (Å²) < 4.78 is 10.9. The molecule has 0 radical (unpaired) electrons. The molecule has 0 heterocycles. The Morgan fingerprint density at radius 3 is 2.67 bits per heavy atom. The van der Waals surface area contributed by atoms with E-state index < -0.39 is 6.80 Å². The van der Waals surface area contributed by atoms with Gasteiger partial charge in [0.15, 0.2) is 0 Å². The molecule has 3 heteroatoms. The lowest BCUT2D eigenvalue weighted by atomic mass is 10.7. The highest BCUT2D eigenvalue weighted by atomic mass is 19.1. The van der Waals surface area contributed by atoms with Gasteiger partial charge < -0.3 is 4.79 Å². The number of hydrogen-bond donors (Lipinski definition) is 1. The smallest absolute Gasteiger partial charge is 0.140 e. The number of carbonyl (C=O) groups excluding carboxylic acids is 1. The highest BCUT2D eigenvalue weighted by Crippen LogP contribution is 1.51. The van der Waals surface area contributed by atoms with Gasteiger partial charge in [0.25, 0.3) is 0 Å². The SMILES string of the molecule is O=CCNCF. The van der Waals surface area contributed by atoms with Gasteiger partial charge >= 0.3 is 0 Å².